The molecule has 0 radical (unpaired) electrons. The maximum atomic E-state index is 9.30. The Labute approximate surface area is 94.0 Å². The van der Waals surface area contributed by atoms with Crippen LogP contribution in [0.4, 0.5) is 0 Å². The van der Waals surface area contributed by atoms with E-state index in [1.54, 1.807) is 6.07 Å². The van der Waals surface area contributed by atoms with Crippen LogP contribution in [0.25, 0.3) is 0 Å². The standard InChI is InChI=1S/C11H14ClNO2/c12-8-2-1-3-11(4-8)15-7-9-5-10(14)6-13-9/h1-4,9-10,13-14H,5-7H2/t9-,10+/m0/s1. The molecule has 1 aliphatic rings. The molecule has 0 saturated carbocycles. The number of hydrogen-bond donors (Lipinski definition) is 2. The van der Waals surface area contributed by atoms with Gasteiger partial charge in [0, 0.05) is 17.6 Å². The highest BCUT2D eigenvalue weighted by Crippen LogP contribution is 2.18. The molecule has 1 aromatic carbocycles. The van der Waals surface area contributed by atoms with Crippen LogP contribution in [-0.4, -0.2) is 30.4 Å². The number of benzene rings is 1. The van der Waals surface area contributed by atoms with Crippen LogP contribution in [0, 0.1) is 0 Å². The summed E-state index contributed by atoms with van der Waals surface area (Å²) >= 11 is 5.83. The van der Waals surface area contributed by atoms with Gasteiger partial charge in [0.05, 0.1) is 6.10 Å². The maximum Gasteiger partial charge on any atom is 0.120 e. The molecular weight excluding hydrogens is 214 g/mol. The van der Waals surface area contributed by atoms with Crippen LogP contribution in [0.5, 0.6) is 5.75 Å². The van der Waals surface area contributed by atoms with Crippen LogP contribution in [0.1, 0.15) is 6.42 Å². The molecule has 1 fully saturated rings. The lowest BCUT2D eigenvalue weighted by Crippen LogP contribution is -2.28. The summed E-state index contributed by atoms with van der Waals surface area (Å²) in [6.07, 6.45) is 0.513. The number of β-amino-alcohol motifs (C(OH)–C–C–N with tert-alkyl or cyclic N) is 1. The molecule has 4 heteroatoms. The molecule has 0 amide bonds. The van der Waals surface area contributed by atoms with Gasteiger partial charge in [-0.05, 0) is 24.6 Å². The van der Waals surface area contributed by atoms with Gasteiger partial charge in [-0.2, -0.15) is 0 Å². The molecule has 1 aliphatic heterocycles. The third-order valence-electron chi connectivity index (χ3n) is 2.45. The number of rotatable bonds is 3. The van der Waals surface area contributed by atoms with Gasteiger partial charge in [-0.15, -0.1) is 0 Å². The smallest absolute Gasteiger partial charge is 0.120 e. The highest BCUT2D eigenvalue weighted by Gasteiger charge is 2.22. The molecule has 0 bridgehead atoms. The summed E-state index contributed by atoms with van der Waals surface area (Å²) in [5, 5.41) is 13.2. The van der Waals surface area contributed by atoms with Gasteiger partial charge in [-0.3, -0.25) is 0 Å². The van der Waals surface area contributed by atoms with Crippen molar-refractivity contribution in [1.82, 2.24) is 5.32 Å². The van der Waals surface area contributed by atoms with Gasteiger partial charge in [-0.25, -0.2) is 0 Å². The van der Waals surface area contributed by atoms with E-state index in [-0.39, 0.29) is 12.1 Å². The van der Waals surface area contributed by atoms with Gasteiger partial charge in [0.1, 0.15) is 12.4 Å². The summed E-state index contributed by atoms with van der Waals surface area (Å²) in [6.45, 7) is 1.22. The first-order chi connectivity index (χ1) is 7.24. The number of nitrogens with one attached hydrogen (secondary N) is 1. The normalized spacial score (nSPS) is 25.5. The SMILES string of the molecule is O[C@H]1CN[C@H](COc2cccc(Cl)c2)C1. The number of halogens is 1. The predicted octanol–water partition coefficient (Wildman–Crippen LogP) is 1.44. The molecule has 0 aromatic heterocycles. The highest BCUT2D eigenvalue weighted by molar-refractivity contribution is 6.30. The van der Waals surface area contributed by atoms with Crippen molar-refractivity contribution >= 4 is 11.6 Å². The fourth-order valence-corrected chi connectivity index (χ4v) is 1.86. The summed E-state index contributed by atoms with van der Waals surface area (Å²) < 4.78 is 5.56. The summed E-state index contributed by atoms with van der Waals surface area (Å²) in [4.78, 5) is 0. The van der Waals surface area contributed by atoms with E-state index < -0.39 is 0 Å². The van der Waals surface area contributed by atoms with E-state index in [2.05, 4.69) is 5.32 Å². The van der Waals surface area contributed by atoms with Crippen molar-refractivity contribution in [3.63, 3.8) is 0 Å². The third-order valence-corrected chi connectivity index (χ3v) is 2.68. The van der Waals surface area contributed by atoms with Crippen molar-refractivity contribution in [2.75, 3.05) is 13.2 Å². The molecule has 2 atom stereocenters. The van der Waals surface area contributed by atoms with Crippen molar-refractivity contribution in [2.45, 2.75) is 18.6 Å². The Morgan fingerprint density at radius 2 is 2.40 bits per heavy atom. The van der Waals surface area contributed by atoms with Crippen molar-refractivity contribution in [3.8, 4) is 5.75 Å². The molecule has 1 aromatic rings. The average molecular weight is 228 g/mol. The van der Waals surface area contributed by atoms with Crippen LogP contribution in [-0.2, 0) is 0 Å². The van der Waals surface area contributed by atoms with Crippen LogP contribution < -0.4 is 10.1 Å². The molecule has 2 N–H and O–H groups in total. The summed E-state index contributed by atoms with van der Waals surface area (Å²) in [5.74, 6) is 0.769. The molecule has 0 unspecified atom stereocenters. The Balaban J connectivity index is 1.83. The molecule has 2 rings (SSSR count). The second-order valence-corrected chi connectivity index (χ2v) is 4.20. The van der Waals surface area contributed by atoms with Crippen molar-refractivity contribution < 1.29 is 9.84 Å². The predicted molar refractivity (Wildman–Crippen MR) is 59.4 cm³/mol. The monoisotopic (exact) mass is 227 g/mol. The van der Waals surface area contributed by atoms with Crippen LogP contribution >= 0.6 is 11.6 Å². The largest absolute Gasteiger partial charge is 0.492 e. The van der Waals surface area contributed by atoms with Crippen molar-refractivity contribution in [3.05, 3.63) is 29.3 Å². The molecule has 15 heavy (non-hydrogen) atoms. The van der Waals surface area contributed by atoms with E-state index >= 15 is 0 Å². The first kappa shape index (κ1) is 10.7. The number of ether oxygens (including phenoxy) is 1. The lowest BCUT2D eigenvalue weighted by Gasteiger charge is -2.11. The van der Waals surface area contributed by atoms with E-state index in [4.69, 9.17) is 16.3 Å². The van der Waals surface area contributed by atoms with E-state index in [1.807, 2.05) is 18.2 Å². The van der Waals surface area contributed by atoms with Gasteiger partial charge < -0.3 is 15.2 Å². The molecule has 3 nitrogen and oxygen atoms in total. The van der Waals surface area contributed by atoms with Gasteiger partial charge >= 0.3 is 0 Å². The molecule has 82 valence electrons. The number of hydrogen-bond acceptors (Lipinski definition) is 3. The summed E-state index contributed by atoms with van der Waals surface area (Å²) in [6, 6.07) is 7.56. The Morgan fingerprint density at radius 3 is 3.07 bits per heavy atom. The van der Waals surface area contributed by atoms with Gasteiger partial charge in [0.2, 0.25) is 0 Å². The molecule has 1 saturated heterocycles. The van der Waals surface area contributed by atoms with Crippen molar-refractivity contribution in [2.24, 2.45) is 0 Å². The minimum Gasteiger partial charge on any atom is -0.492 e. The van der Waals surface area contributed by atoms with Gasteiger partial charge in [0.15, 0.2) is 0 Å². The van der Waals surface area contributed by atoms with E-state index in [9.17, 15) is 5.11 Å². The molecule has 1 heterocycles. The number of aliphatic hydroxyl groups is 1. The van der Waals surface area contributed by atoms with E-state index in [0.29, 0.717) is 18.2 Å². The number of aliphatic hydroxyl groups excluding tert-OH is 1. The third kappa shape index (κ3) is 3.09. The van der Waals surface area contributed by atoms with E-state index in [0.717, 1.165) is 12.2 Å². The fourth-order valence-electron chi connectivity index (χ4n) is 1.68. The lowest BCUT2D eigenvalue weighted by molar-refractivity contribution is 0.187. The maximum absolute atomic E-state index is 9.30. The zero-order chi connectivity index (χ0) is 10.7. The topological polar surface area (TPSA) is 41.5 Å². The molecule has 0 spiro atoms. The second kappa shape index (κ2) is 4.84. The Bertz CT molecular complexity index is 332. The Morgan fingerprint density at radius 1 is 1.53 bits per heavy atom. The molecule has 0 aliphatic carbocycles. The minimum atomic E-state index is -0.238. The zero-order valence-corrected chi connectivity index (χ0v) is 9.07. The average Bonchev–Trinajstić information content (AvgIpc) is 2.62. The molecular formula is C11H14ClNO2. The van der Waals surface area contributed by atoms with Crippen molar-refractivity contribution in [1.29, 1.82) is 0 Å². The zero-order valence-electron chi connectivity index (χ0n) is 8.32. The van der Waals surface area contributed by atoms with Crippen LogP contribution in [0.3, 0.4) is 0 Å². The first-order valence-corrected chi connectivity index (χ1v) is 5.41. The highest BCUT2D eigenvalue weighted by atomic mass is 35.5. The van der Waals surface area contributed by atoms with Gasteiger partial charge in [-0.1, -0.05) is 17.7 Å². The lowest BCUT2D eigenvalue weighted by atomic mass is 10.2. The summed E-state index contributed by atoms with van der Waals surface area (Å²) in [7, 11) is 0. The van der Waals surface area contributed by atoms with Crippen LogP contribution in [0.15, 0.2) is 24.3 Å². The van der Waals surface area contributed by atoms with Crippen LogP contribution in [0.2, 0.25) is 5.02 Å². The Kier molecular flexibility index (Phi) is 3.46. The minimum absolute atomic E-state index is 0.235. The fraction of sp³-hybridized carbons (Fsp3) is 0.455. The first-order valence-electron chi connectivity index (χ1n) is 5.04. The summed E-state index contributed by atoms with van der Waals surface area (Å²) in [5.41, 5.74) is 0. The Hall–Kier alpha value is -0.770. The quantitative estimate of drug-likeness (QED) is 0.821. The van der Waals surface area contributed by atoms with E-state index in [1.165, 1.54) is 0 Å². The second-order valence-electron chi connectivity index (χ2n) is 3.76. The van der Waals surface area contributed by atoms with Gasteiger partial charge in [0.25, 0.3) is 0 Å².